The van der Waals surface area contributed by atoms with Crippen LogP contribution in [0.4, 0.5) is 10.5 Å². The quantitative estimate of drug-likeness (QED) is 0.168. The maximum Gasteiger partial charge on any atom is 0.408 e. The summed E-state index contributed by atoms with van der Waals surface area (Å²) in [4.78, 5) is 44.4. The molecular formula is C19H26N2O11S. The average Bonchev–Trinajstić information content (AvgIpc) is 2.67. The van der Waals surface area contributed by atoms with Gasteiger partial charge in [0.2, 0.25) is 0 Å². The van der Waals surface area contributed by atoms with Crippen molar-refractivity contribution in [3.8, 4) is 0 Å². The highest BCUT2D eigenvalue weighted by molar-refractivity contribution is 7.86. The summed E-state index contributed by atoms with van der Waals surface area (Å²) in [6.45, 7) is 4.33. The van der Waals surface area contributed by atoms with Gasteiger partial charge in [0.1, 0.15) is 11.6 Å². The Kier molecular flexibility index (Phi) is 9.73. The lowest BCUT2D eigenvalue weighted by Crippen LogP contribution is -2.45. The molecule has 0 radical (unpaired) electrons. The van der Waals surface area contributed by atoms with Gasteiger partial charge in [0.05, 0.1) is 22.3 Å². The molecule has 0 unspecified atom stereocenters. The van der Waals surface area contributed by atoms with Crippen molar-refractivity contribution >= 4 is 33.8 Å². The number of aliphatic carboxylic acids is 2. The van der Waals surface area contributed by atoms with Gasteiger partial charge in [0.15, 0.2) is 0 Å². The van der Waals surface area contributed by atoms with Crippen LogP contribution in [-0.4, -0.2) is 59.8 Å². The van der Waals surface area contributed by atoms with E-state index in [-0.39, 0.29) is 23.4 Å². The monoisotopic (exact) mass is 490 g/mol. The molecule has 1 rings (SSSR count). The first-order valence-corrected chi connectivity index (χ1v) is 11.1. The lowest BCUT2D eigenvalue weighted by molar-refractivity contribution is -0.384. The number of hydrogen-bond acceptors (Lipinski definition) is 9. The van der Waals surface area contributed by atoms with Crippen LogP contribution in [0, 0.1) is 16.0 Å². The molecule has 0 aromatic heterocycles. The molecule has 14 heteroatoms. The fourth-order valence-electron chi connectivity index (χ4n) is 2.60. The Labute approximate surface area is 190 Å². The lowest BCUT2D eigenvalue weighted by Gasteiger charge is -2.23. The van der Waals surface area contributed by atoms with Crippen molar-refractivity contribution in [2.24, 2.45) is 5.92 Å². The molecule has 2 atom stereocenters. The fraction of sp³-hybridized carbons (Fsp3) is 0.526. The van der Waals surface area contributed by atoms with E-state index in [4.69, 9.17) is 8.92 Å². The van der Waals surface area contributed by atoms with Gasteiger partial charge in [0.25, 0.3) is 15.8 Å². The number of non-ortho nitro benzene ring substituents is 1. The first-order chi connectivity index (χ1) is 15.1. The summed E-state index contributed by atoms with van der Waals surface area (Å²) in [7, 11) is -4.23. The van der Waals surface area contributed by atoms with Crippen LogP contribution < -0.4 is 5.32 Å². The Morgan fingerprint density at radius 2 is 1.70 bits per heavy atom. The molecule has 0 spiro atoms. The van der Waals surface area contributed by atoms with Crippen LogP contribution in [0.25, 0.3) is 0 Å². The minimum Gasteiger partial charge on any atom is -0.481 e. The number of nitrogens with zero attached hydrogens (tertiary/aromatic N) is 1. The van der Waals surface area contributed by atoms with Crippen LogP contribution in [0.3, 0.4) is 0 Å². The number of alkyl carbamates (subject to hydrolysis) is 1. The molecule has 184 valence electrons. The van der Waals surface area contributed by atoms with Gasteiger partial charge in [-0.25, -0.2) is 9.59 Å². The summed E-state index contributed by atoms with van der Waals surface area (Å²) in [6, 6.07) is 2.48. The number of carboxylic acid groups (broad SMARTS) is 2. The number of carbonyl (C=O) groups is 3. The summed E-state index contributed by atoms with van der Waals surface area (Å²) in [5.41, 5.74) is -1.18. The van der Waals surface area contributed by atoms with Gasteiger partial charge in [-0.3, -0.25) is 19.1 Å². The van der Waals surface area contributed by atoms with Crippen molar-refractivity contribution in [2.45, 2.75) is 56.6 Å². The van der Waals surface area contributed by atoms with Crippen LogP contribution in [-0.2, 0) is 28.6 Å². The topological polar surface area (TPSA) is 199 Å². The van der Waals surface area contributed by atoms with Crippen molar-refractivity contribution in [3.05, 3.63) is 34.4 Å². The number of ether oxygens (including phenoxy) is 1. The molecule has 0 aliphatic rings. The molecule has 13 nitrogen and oxygen atoms in total. The van der Waals surface area contributed by atoms with E-state index in [0.717, 1.165) is 24.3 Å². The fourth-order valence-corrected chi connectivity index (χ4v) is 3.54. The molecule has 0 fully saturated rings. The van der Waals surface area contributed by atoms with E-state index in [0.29, 0.717) is 0 Å². The van der Waals surface area contributed by atoms with Gasteiger partial charge in [-0.05, 0) is 52.2 Å². The Balaban J connectivity index is 2.67. The first-order valence-electron chi connectivity index (χ1n) is 9.71. The zero-order valence-corrected chi connectivity index (χ0v) is 19.0. The number of nitro benzene ring substituents is 1. The number of amides is 1. The average molecular weight is 490 g/mol. The Morgan fingerprint density at radius 3 is 2.15 bits per heavy atom. The number of carbonyl (C=O) groups excluding carboxylic acids is 1. The molecule has 0 saturated heterocycles. The minimum absolute atomic E-state index is 0.0536. The first kappa shape index (κ1) is 27.8. The second-order valence-corrected chi connectivity index (χ2v) is 9.59. The van der Waals surface area contributed by atoms with Crippen molar-refractivity contribution in [3.63, 3.8) is 0 Å². The van der Waals surface area contributed by atoms with Crippen LogP contribution >= 0.6 is 0 Å². The lowest BCUT2D eigenvalue weighted by atomic mass is 9.95. The highest BCUT2D eigenvalue weighted by Gasteiger charge is 2.30. The molecule has 0 aliphatic heterocycles. The summed E-state index contributed by atoms with van der Waals surface area (Å²) < 4.78 is 34.1. The molecule has 0 heterocycles. The Morgan fingerprint density at radius 1 is 1.12 bits per heavy atom. The van der Waals surface area contributed by atoms with Crippen molar-refractivity contribution in [1.82, 2.24) is 5.32 Å². The molecule has 0 aliphatic carbocycles. The predicted octanol–water partition coefficient (Wildman–Crippen LogP) is 2.15. The van der Waals surface area contributed by atoms with Crippen molar-refractivity contribution in [1.29, 1.82) is 0 Å². The maximum absolute atomic E-state index is 12.1. The largest absolute Gasteiger partial charge is 0.481 e. The summed E-state index contributed by atoms with van der Waals surface area (Å²) >= 11 is 0. The third kappa shape index (κ3) is 9.82. The number of nitrogens with one attached hydrogen (secondary N) is 1. The van der Waals surface area contributed by atoms with Gasteiger partial charge in [-0.15, -0.1) is 0 Å². The van der Waals surface area contributed by atoms with Gasteiger partial charge in [-0.1, -0.05) is 0 Å². The molecule has 1 aromatic rings. The molecule has 33 heavy (non-hydrogen) atoms. The van der Waals surface area contributed by atoms with E-state index in [1.165, 1.54) is 0 Å². The number of benzene rings is 1. The van der Waals surface area contributed by atoms with Gasteiger partial charge < -0.3 is 20.3 Å². The second-order valence-electron chi connectivity index (χ2n) is 7.98. The van der Waals surface area contributed by atoms with E-state index in [2.05, 4.69) is 5.32 Å². The number of carboxylic acids is 2. The molecular weight excluding hydrogens is 464 g/mol. The highest BCUT2D eigenvalue weighted by atomic mass is 32.2. The molecule has 1 amide bonds. The third-order valence-electron chi connectivity index (χ3n) is 4.13. The zero-order valence-electron chi connectivity index (χ0n) is 18.2. The molecule has 0 bridgehead atoms. The maximum atomic E-state index is 12.1. The normalized spacial score (nSPS) is 13.5. The van der Waals surface area contributed by atoms with Crippen LogP contribution in [0.2, 0.25) is 0 Å². The summed E-state index contributed by atoms with van der Waals surface area (Å²) in [6.07, 6.45) is -1.66. The van der Waals surface area contributed by atoms with Gasteiger partial charge in [0, 0.05) is 12.1 Å². The van der Waals surface area contributed by atoms with E-state index < -0.39 is 63.7 Å². The number of rotatable bonds is 12. The van der Waals surface area contributed by atoms with E-state index in [1.54, 1.807) is 20.8 Å². The van der Waals surface area contributed by atoms with Crippen molar-refractivity contribution in [2.75, 3.05) is 6.61 Å². The molecule has 1 aromatic carbocycles. The van der Waals surface area contributed by atoms with E-state index in [1.807, 2.05) is 0 Å². The summed E-state index contributed by atoms with van der Waals surface area (Å²) in [5, 5.41) is 31.4. The zero-order chi connectivity index (χ0) is 25.4. The van der Waals surface area contributed by atoms with Crippen LogP contribution in [0.15, 0.2) is 29.2 Å². The predicted molar refractivity (Wildman–Crippen MR) is 112 cm³/mol. The van der Waals surface area contributed by atoms with Gasteiger partial charge >= 0.3 is 18.0 Å². The Bertz CT molecular complexity index is 968. The second kappa shape index (κ2) is 11.6. The standard InChI is InChI=1S/C19H26N2O11S/c1-19(2,3)32-18(26)20-15(17(24)25)11-12(16(22)23)5-4-10-31-33(29,30)14-8-6-13(7-9-14)21(27)28/h6-9,12,15H,4-5,10-11H2,1-3H3,(H,20,26)(H,22,23)(H,24,25)/t12-,15+/m1/s1. The van der Waals surface area contributed by atoms with E-state index in [9.17, 15) is 43.1 Å². The number of nitro groups is 1. The molecule has 0 saturated carbocycles. The third-order valence-corrected chi connectivity index (χ3v) is 5.46. The van der Waals surface area contributed by atoms with Crippen LogP contribution in [0.5, 0.6) is 0 Å². The van der Waals surface area contributed by atoms with Crippen molar-refractivity contribution < 1.29 is 46.9 Å². The van der Waals surface area contributed by atoms with E-state index >= 15 is 0 Å². The van der Waals surface area contributed by atoms with Gasteiger partial charge in [-0.2, -0.15) is 8.42 Å². The molecule has 3 N–H and O–H groups in total. The SMILES string of the molecule is CC(C)(C)OC(=O)N[C@@H](C[C@@H](CCCOS(=O)(=O)c1ccc([N+](=O)[O-])cc1)C(=O)O)C(=O)O. The number of hydrogen-bond donors (Lipinski definition) is 3. The highest BCUT2D eigenvalue weighted by Crippen LogP contribution is 2.20. The summed E-state index contributed by atoms with van der Waals surface area (Å²) in [5.74, 6) is -4.00. The van der Waals surface area contributed by atoms with Crippen LogP contribution in [0.1, 0.15) is 40.0 Å². The minimum atomic E-state index is -4.23. The Hall–Kier alpha value is -3.26. The smallest absolute Gasteiger partial charge is 0.408 e.